The van der Waals surface area contributed by atoms with Gasteiger partial charge in [0.25, 0.3) is 0 Å². The van der Waals surface area contributed by atoms with Crippen LogP contribution in [0.5, 0.6) is 0 Å². The van der Waals surface area contributed by atoms with Gasteiger partial charge in [-0.25, -0.2) is 0 Å². The lowest BCUT2D eigenvalue weighted by atomic mass is 9.99. The topological polar surface area (TPSA) is 74.3 Å². The molecule has 0 fully saturated rings. The molecule has 30 heavy (non-hydrogen) atoms. The Morgan fingerprint density at radius 3 is 1.30 bits per heavy atom. The Labute approximate surface area is 186 Å². The summed E-state index contributed by atoms with van der Waals surface area (Å²) in [7, 11) is 4.46. The zero-order chi connectivity index (χ0) is 23.4. The molecule has 0 aliphatic carbocycles. The summed E-state index contributed by atoms with van der Waals surface area (Å²) in [5.41, 5.74) is 0. The van der Waals surface area contributed by atoms with E-state index in [1.54, 1.807) is 28.4 Å². The largest absolute Gasteiger partial charge is 0.398 e. The first-order valence-electron chi connectivity index (χ1n) is 10.9. The molecule has 0 aliphatic heterocycles. The van der Waals surface area contributed by atoms with Crippen molar-refractivity contribution in [2.45, 2.75) is 64.7 Å². The Morgan fingerprint density at radius 2 is 1.03 bits per heavy atom. The normalized spacial score (nSPS) is 14.7. The molecule has 0 bridgehead atoms. The Morgan fingerprint density at radius 1 is 0.733 bits per heavy atom. The Kier molecular flexibility index (Phi) is 14.4. The van der Waals surface area contributed by atoms with Crippen molar-refractivity contribution in [1.82, 2.24) is 4.90 Å². The van der Waals surface area contributed by atoms with Crippen molar-refractivity contribution in [3.63, 3.8) is 0 Å². The van der Waals surface area contributed by atoms with Crippen LogP contribution in [-0.2, 0) is 27.3 Å². The monoisotopic (exact) mass is 463 g/mol. The van der Waals surface area contributed by atoms with Crippen molar-refractivity contribution < 1.29 is 27.3 Å². The van der Waals surface area contributed by atoms with Gasteiger partial charge in [-0.05, 0) is 45.1 Å². The molecule has 0 spiro atoms. The summed E-state index contributed by atoms with van der Waals surface area (Å²) in [4.78, 5) is 27.0. The van der Waals surface area contributed by atoms with Crippen LogP contribution in [0.2, 0.25) is 25.2 Å². The van der Waals surface area contributed by atoms with Crippen molar-refractivity contribution in [2.24, 2.45) is 11.8 Å². The fourth-order valence-electron chi connectivity index (χ4n) is 3.45. The first-order chi connectivity index (χ1) is 14.0. The van der Waals surface area contributed by atoms with Gasteiger partial charge in [0.2, 0.25) is 0 Å². The summed E-state index contributed by atoms with van der Waals surface area (Å²) in [5, 5.41) is 0. The number of Topliss-reactive ketones (excluding diaryl/α,β-unsaturated/α-hetero) is 2. The van der Waals surface area contributed by atoms with Gasteiger partial charge in [0.05, 0.1) is 0 Å². The molecule has 0 radical (unpaired) electrons. The van der Waals surface area contributed by atoms with E-state index < -0.39 is 17.1 Å². The highest BCUT2D eigenvalue weighted by Crippen LogP contribution is 2.18. The van der Waals surface area contributed by atoms with E-state index >= 15 is 0 Å². The maximum atomic E-state index is 12.5. The van der Waals surface area contributed by atoms with Gasteiger partial charge in [0.15, 0.2) is 0 Å². The van der Waals surface area contributed by atoms with Crippen LogP contribution >= 0.6 is 0 Å². The molecule has 0 rings (SSSR count). The van der Waals surface area contributed by atoms with Crippen LogP contribution in [0.3, 0.4) is 0 Å². The summed E-state index contributed by atoms with van der Waals surface area (Å²) >= 11 is 0. The molecule has 0 aromatic rings. The van der Waals surface area contributed by atoms with Crippen LogP contribution < -0.4 is 0 Å². The number of carbonyl (C=O) groups excluding carboxylic acids is 2. The zero-order valence-electron chi connectivity index (χ0n) is 20.7. The highest BCUT2D eigenvalue weighted by molar-refractivity contribution is 6.66. The van der Waals surface area contributed by atoms with Gasteiger partial charge in [-0.15, -0.1) is 0 Å². The molecule has 2 unspecified atom stereocenters. The second-order valence-corrected chi connectivity index (χ2v) is 15.9. The lowest BCUT2D eigenvalue weighted by Crippen LogP contribution is -2.37. The van der Waals surface area contributed by atoms with Crippen LogP contribution in [0.4, 0.5) is 0 Å². The van der Waals surface area contributed by atoms with Gasteiger partial charge in [0.1, 0.15) is 11.6 Å². The molecule has 0 aromatic heterocycles. The van der Waals surface area contributed by atoms with Crippen molar-refractivity contribution in [3.05, 3.63) is 0 Å². The molecular weight excluding hydrogens is 418 g/mol. The van der Waals surface area contributed by atoms with Gasteiger partial charge >= 0.3 is 17.1 Å². The van der Waals surface area contributed by atoms with Crippen LogP contribution in [0.1, 0.15) is 39.5 Å². The van der Waals surface area contributed by atoms with Gasteiger partial charge < -0.3 is 22.6 Å². The Bertz CT molecular complexity index is 468. The molecule has 7 nitrogen and oxygen atoms in total. The van der Waals surface area contributed by atoms with E-state index in [1.165, 1.54) is 0 Å². The van der Waals surface area contributed by atoms with Gasteiger partial charge in [-0.2, -0.15) is 0 Å². The van der Waals surface area contributed by atoms with Crippen molar-refractivity contribution in [3.8, 4) is 0 Å². The molecular formula is C21H45NO6Si2. The van der Waals surface area contributed by atoms with Crippen molar-refractivity contribution >= 4 is 28.7 Å². The molecule has 178 valence electrons. The van der Waals surface area contributed by atoms with E-state index in [0.29, 0.717) is 25.9 Å². The SMILES string of the molecule is CO[Si](C)(CCCC(=O)C(C)CN(C)CC(C)C(=O)CCC[Si](C)(OC)OC)OC. The number of hydrogen-bond donors (Lipinski definition) is 0. The highest BCUT2D eigenvalue weighted by Gasteiger charge is 2.30. The molecule has 0 N–H and O–H groups in total. The number of hydrogen-bond acceptors (Lipinski definition) is 7. The minimum absolute atomic E-state index is 0.0505. The van der Waals surface area contributed by atoms with Gasteiger partial charge in [-0.3, -0.25) is 9.59 Å². The minimum atomic E-state index is -2.11. The predicted molar refractivity (Wildman–Crippen MR) is 125 cm³/mol. The first kappa shape index (κ1) is 29.6. The van der Waals surface area contributed by atoms with Crippen LogP contribution in [0.15, 0.2) is 0 Å². The van der Waals surface area contributed by atoms with Crippen LogP contribution in [0, 0.1) is 11.8 Å². The fraction of sp³-hybridized carbons (Fsp3) is 0.905. The predicted octanol–water partition coefficient (Wildman–Crippen LogP) is 3.62. The molecule has 0 heterocycles. The number of rotatable bonds is 18. The molecule has 9 heteroatoms. The summed E-state index contributed by atoms with van der Waals surface area (Å²) in [5.74, 6) is 0.413. The average Bonchev–Trinajstić information content (AvgIpc) is 2.72. The molecule has 0 saturated carbocycles. The van der Waals surface area contributed by atoms with E-state index in [9.17, 15) is 9.59 Å². The third kappa shape index (κ3) is 11.3. The Balaban J connectivity index is 4.29. The van der Waals surface area contributed by atoms with E-state index in [0.717, 1.165) is 24.9 Å². The van der Waals surface area contributed by atoms with Gasteiger partial charge in [-0.1, -0.05) is 13.8 Å². The minimum Gasteiger partial charge on any atom is -0.398 e. The highest BCUT2D eigenvalue weighted by atomic mass is 28.4. The lowest BCUT2D eigenvalue weighted by Gasteiger charge is -2.25. The summed E-state index contributed by atoms with van der Waals surface area (Å²) in [6.07, 6.45) is 2.66. The summed E-state index contributed by atoms with van der Waals surface area (Å²) in [6.45, 7) is 9.29. The second-order valence-electron chi connectivity index (χ2n) is 8.75. The average molecular weight is 464 g/mol. The maximum absolute atomic E-state index is 12.5. The molecule has 0 aromatic carbocycles. The standard InChI is InChI=1S/C21H45NO6Si2/c1-18(20(23)12-10-14-29(8,25-4)26-5)16-22(3)17-19(2)21(24)13-11-15-30(9,27-6)28-7/h18-19H,10-17H2,1-9H3. The van der Waals surface area contributed by atoms with Crippen LogP contribution in [0.25, 0.3) is 0 Å². The number of nitrogens with zero attached hydrogens (tertiary/aromatic N) is 1. The summed E-state index contributed by atoms with van der Waals surface area (Å²) < 4.78 is 21.9. The fourth-order valence-corrected chi connectivity index (χ4v) is 6.24. The third-order valence-corrected chi connectivity index (χ3v) is 12.1. The van der Waals surface area contributed by atoms with E-state index in [4.69, 9.17) is 17.7 Å². The molecule has 0 saturated heterocycles. The van der Waals surface area contributed by atoms with Gasteiger partial charge in [0, 0.05) is 66.2 Å². The zero-order valence-corrected chi connectivity index (χ0v) is 22.7. The van der Waals surface area contributed by atoms with E-state index in [2.05, 4.69) is 4.90 Å². The smallest absolute Gasteiger partial charge is 0.334 e. The van der Waals surface area contributed by atoms with Crippen LogP contribution in [-0.4, -0.2) is 82.2 Å². The second kappa shape index (κ2) is 14.6. The Hall–Kier alpha value is -0.426. The molecule has 2 atom stereocenters. The quantitative estimate of drug-likeness (QED) is 0.287. The lowest BCUT2D eigenvalue weighted by molar-refractivity contribution is -0.123. The first-order valence-corrected chi connectivity index (χ1v) is 15.9. The molecule has 0 aliphatic rings. The third-order valence-electron chi connectivity index (χ3n) is 6.11. The van der Waals surface area contributed by atoms with E-state index in [1.807, 2.05) is 34.0 Å². The maximum Gasteiger partial charge on any atom is 0.334 e. The van der Waals surface area contributed by atoms with Crippen molar-refractivity contribution in [2.75, 3.05) is 48.6 Å². The number of carbonyl (C=O) groups is 2. The molecule has 0 amide bonds. The summed E-state index contributed by atoms with van der Waals surface area (Å²) in [6, 6.07) is 1.63. The number of ketones is 2. The van der Waals surface area contributed by atoms with Crippen molar-refractivity contribution in [1.29, 1.82) is 0 Å². The van der Waals surface area contributed by atoms with E-state index in [-0.39, 0.29) is 23.4 Å².